The number of fused-ring (bicyclic) bond motifs is 2. The number of aromatic nitrogens is 2. The van der Waals surface area contributed by atoms with Crippen molar-refractivity contribution in [3.8, 4) is 17.0 Å². The monoisotopic (exact) mass is 417 g/mol. The van der Waals surface area contributed by atoms with Crippen molar-refractivity contribution in [2.45, 2.75) is 18.4 Å². The summed E-state index contributed by atoms with van der Waals surface area (Å²) in [7, 11) is 3.40. The van der Waals surface area contributed by atoms with E-state index in [2.05, 4.69) is 5.10 Å². The fourth-order valence-electron chi connectivity index (χ4n) is 4.54. The normalized spacial score (nSPS) is 16.8. The summed E-state index contributed by atoms with van der Waals surface area (Å²) in [6.07, 6.45) is 1.17. The van der Waals surface area contributed by atoms with E-state index in [-0.39, 0.29) is 11.9 Å². The molecule has 0 bridgehead atoms. The number of rotatable bonds is 3. The second-order valence-electron chi connectivity index (χ2n) is 7.99. The molecule has 0 N–H and O–H groups in total. The molecule has 2 aliphatic heterocycles. The van der Waals surface area contributed by atoms with Crippen molar-refractivity contribution in [2.24, 2.45) is 7.05 Å². The summed E-state index contributed by atoms with van der Waals surface area (Å²) in [5.41, 5.74) is 3.09. The molecule has 0 unspecified atom stereocenters. The van der Waals surface area contributed by atoms with Crippen LogP contribution in [-0.4, -0.2) is 46.8 Å². The van der Waals surface area contributed by atoms with Gasteiger partial charge in [0, 0.05) is 44.1 Å². The van der Waals surface area contributed by atoms with E-state index in [1.54, 1.807) is 24.9 Å². The van der Waals surface area contributed by atoms with E-state index < -0.39 is 5.60 Å². The summed E-state index contributed by atoms with van der Waals surface area (Å²) >= 11 is 0. The first-order chi connectivity index (χ1) is 15.0. The Hall–Kier alpha value is -3.61. The van der Waals surface area contributed by atoms with Crippen LogP contribution < -0.4 is 4.74 Å². The molecule has 3 aromatic rings. The number of esters is 1. The summed E-state index contributed by atoms with van der Waals surface area (Å²) in [4.78, 5) is 27.3. The molecule has 7 nitrogen and oxygen atoms in total. The third kappa shape index (κ3) is 3.17. The molecule has 1 saturated heterocycles. The summed E-state index contributed by atoms with van der Waals surface area (Å²) in [5, 5.41) is 4.53. The van der Waals surface area contributed by atoms with Gasteiger partial charge in [0.2, 0.25) is 0 Å². The molecule has 0 aliphatic carbocycles. The summed E-state index contributed by atoms with van der Waals surface area (Å²) in [6.45, 7) is 1.03. The Bertz CT molecular complexity index is 1180. The minimum absolute atomic E-state index is 0.0726. The van der Waals surface area contributed by atoms with Crippen molar-refractivity contribution in [3.05, 3.63) is 71.4 Å². The number of carbonyl (C=O) groups excluding carboxylic acids is 2. The number of nitrogens with zero attached hydrogens (tertiary/aromatic N) is 3. The largest absolute Gasteiger partial charge is 0.497 e. The van der Waals surface area contributed by atoms with Gasteiger partial charge in [-0.2, -0.15) is 5.10 Å². The Kier molecular flexibility index (Phi) is 4.54. The van der Waals surface area contributed by atoms with Gasteiger partial charge >= 0.3 is 5.97 Å². The molecule has 1 spiro atoms. The number of likely N-dealkylation sites (tertiary alicyclic amines) is 1. The van der Waals surface area contributed by atoms with Gasteiger partial charge in [-0.15, -0.1) is 0 Å². The van der Waals surface area contributed by atoms with Gasteiger partial charge in [-0.05, 0) is 24.3 Å². The molecule has 0 saturated carbocycles. The highest BCUT2D eigenvalue weighted by Crippen LogP contribution is 2.44. The number of hydrogen-bond donors (Lipinski definition) is 0. The van der Waals surface area contributed by atoms with E-state index in [0.29, 0.717) is 37.2 Å². The topological polar surface area (TPSA) is 73.7 Å². The van der Waals surface area contributed by atoms with Gasteiger partial charge in [0.1, 0.15) is 17.0 Å². The van der Waals surface area contributed by atoms with Gasteiger partial charge in [0.25, 0.3) is 5.91 Å². The average Bonchev–Trinajstić information content (AvgIpc) is 3.32. The standard InChI is InChI=1S/C24H23N3O4/c1-26-21(15-20(25-26)16-6-5-7-17(14-16)30-2)22(28)27-12-10-24(11-13-27)19-9-4-3-8-18(19)23(29)31-24/h3-9,14-15H,10-13H2,1-2H3. The molecule has 2 aliphatic rings. The molecule has 5 rings (SSSR count). The van der Waals surface area contributed by atoms with Gasteiger partial charge in [-0.1, -0.05) is 30.3 Å². The lowest BCUT2D eigenvalue weighted by Crippen LogP contribution is -2.45. The minimum Gasteiger partial charge on any atom is -0.497 e. The molecule has 1 fully saturated rings. The van der Waals surface area contributed by atoms with Gasteiger partial charge in [0.05, 0.1) is 18.4 Å². The second kappa shape index (κ2) is 7.27. The van der Waals surface area contributed by atoms with E-state index in [9.17, 15) is 9.59 Å². The lowest BCUT2D eigenvalue weighted by molar-refractivity contribution is -0.0390. The Balaban J connectivity index is 1.35. The fourth-order valence-corrected chi connectivity index (χ4v) is 4.54. The van der Waals surface area contributed by atoms with Crippen LogP contribution in [0.5, 0.6) is 5.75 Å². The van der Waals surface area contributed by atoms with Crippen molar-refractivity contribution >= 4 is 11.9 Å². The number of carbonyl (C=O) groups is 2. The SMILES string of the molecule is COc1cccc(-c2cc(C(=O)N3CCC4(CC3)OC(=O)c3ccccc34)n(C)n2)c1. The van der Waals surface area contributed by atoms with E-state index in [4.69, 9.17) is 9.47 Å². The zero-order valence-electron chi connectivity index (χ0n) is 17.5. The van der Waals surface area contributed by atoms with Crippen molar-refractivity contribution in [1.29, 1.82) is 0 Å². The van der Waals surface area contributed by atoms with Crippen LogP contribution in [-0.2, 0) is 17.4 Å². The predicted molar refractivity (Wildman–Crippen MR) is 114 cm³/mol. The quantitative estimate of drug-likeness (QED) is 0.611. The average molecular weight is 417 g/mol. The van der Waals surface area contributed by atoms with Crippen LogP contribution in [0.1, 0.15) is 39.3 Å². The van der Waals surface area contributed by atoms with E-state index in [1.165, 1.54) is 0 Å². The number of hydrogen-bond acceptors (Lipinski definition) is 5. The highest BCUT2D eigenvalue weighted by atomic mass is 16.6. The van der Waals surface area contributed by atoms with Crippen LogP contribution in [0.3, 0.4) is 0 Å². The Labute approximate surface area is 180 Å². The number of piperidine rings is 1. The van der Waals surface area contributed by atoms with Crippen LogP contribution in [0.4, 0.5) is 0 Å². The van der Waals surface area contributed by atoms with Crippen molar-refractivity contribution in [3.63, 3.8) is 0 Å². The van der Waals surface area contributed by atoms with Crippen LogP contribution in [0.15, 0.2) is 54.6 Å². The Morgan fingerprint density at radius 2 is 1.87 bits per heavy atom. The summed E-state index contributed by atoms with van der Waals surface area (Å²) < 4.78 is 12.7. The predicted octanol–water partition coefficient (Wildman–Crippen LogP) is 3.40. The molecule has 1 amide bonds. The van der Waals surface area contributed by atoms with E-state index in [0.717, 1.165) is 22.6 Å². The van der Waals surface area contributed by atoms with Crippen LogP contribution in [0, 0.1) is 0 Å². The highest BCUT2D eigenvalue weighted by Gasteiger charge is 2.47. The highest BCUT2D eigenvalue weighted by molar-refractivity contribution is 5.95. The fraction of sp³-hybridized carbons (Fsp3) is 0.292. The van der Waals surface area contributed by atoms with Crippen molar-refractivity contribution in [2.75, 3.05) is 20.2 Å². The van der Waals surface area contributed by atoms with Gasteiger partial charge in [0.15, 0.2) is 0 Å². The molecule has 7 heteroatoms. The molecular formula is C24H23N3O4. The number of benzene rings is 2. The number of amides is 1. The van der Waals surface area contributed by atoms with Gasteiger partial charge in [-0.25, -0.2) is 4.79 Å². The molecule has 0 atom stereocenters. The zero-order valence-corrected chi connectivity index (χ0v) is 17.5. The second-order valence-corrected chi connectivity index (χ2v) is 7.99. The lowest BCUT2D eigenvalue weighted by atomic mass is 9.83. The van der Waals surface area contributed by atoms with E-state index >= 15 is 0 Å². The maximum Gasteiger partial charge on any atom is 0.339 e. The van der Waals surface area contributed by atoms with Gasteiger partial charge < -0.3 is 14.4 Å². The number of methoxy groups -OCH3 is 1. The summed E-state index contributed by atoms with van der Waals surface area (Å²) in [6, 6.07) is 17.0. The first-order valence-corrected chi connectivity index (χ1v) is 10.3. The first kappa shape index (κ1) is 19.4. The van der Waals surface area contributed by atoms with Crippen molar-refractivity contribution in [1.82, 2.24) is 14.7 Å². The maximum atomic E-state index is 13.2. The molecule has 158 valence electrons. The molecule has 3 heterocycles. The van der Waals surface area contributed by atoms with Gasteiger partial charge in [-0.3, -0.25) is 9.48 Å². The molecule has 1 aromatic heterocycles. The Morgan fingerprint density at radius 1 is 1.10 bits per heavy atom. The molecule has 2 aromatic carbocycles. The smallest absolute Gasteiger partial charge is 0.339 e. The zero-order chi connectivity index (χ0) is 21.6. The van der Waals surface area contributed by atoms with Crippen LogP contribution in [0.25, 0.3) is 11.3 Å². The molecule has 0 radical (unpaired) electrons. The maximum absolute atomic E-state index is 13.2. The van der Waals surface area contributed by atoms with Crippen molar-refractivity contribution < 1.29 is 19.1 Å². The lowest BCUT2D eigenvalue weighted by Gasteiger charge is -2.38. The first-order valence-electron chi connectivity index (χ1n) is 10.3. The number of ether oxygens (including phenoxy) is 2. The Morgan fingerprint density at radius 3 is 2.65 bits per heavy atom. The molecular weight excluding hydrogens is 394 g/mol. The molecule has 31 heavy (non-hydrogen) atoms. The van der Waals surface area contributed by atoms with Crippen LogP contribution in [0.2, 0.25) is 0 Å². The summed E-state index contributed by atoms with van der Waals surface area (Å²) in [5.74, 6) is 0.394. The minimum atomic E-state index is -0.622. The third-order valence-corrected chi connectivity index (χ3v) is 6.25. The number of aryl methyl sites for hydroxylation is 1. The third-order valence-electron chi connectivity index (χ3n) is 6.25. The van der Waals surface area contributed by atoms with Crippen LogP contribution >= 0.6 is 0 Å². The van der Waals surface area contributed by atoms with E-state index in [1.807, 2.05) is 53.4 Å².